The van der Waals surface area contributed by atoms with Gasteiger partial charge in [-0.3, -0.25) is 0 Å². The van der Waals surface area contributed by atoms with Gasteiger partial charge in [-0.2, -0.15) is 0 Å². The van der Waals surface area contributed by atoms with Crippen LogP contribution in [0.5, 0.6) is 5.75 Å². The third kappa shape index (κ3) is 4.99. The monoisotopic (exact) mass is 286 g/mol. The van der Waals surface area contributed by atoms with Crippen LogP contribution in [0.1, 0.15) is 26.3 Å². The molecule has 1 aromatic carbocycles. The Morgan fingerprint density at radius 2 is 1.88 bits per heavy atom. The van der Waals surface area contributed by atoms with Crippen molar-refractivity contribution >= 4 is 15.9 Å². The molecule has 1 rings (SSSR count). The van der Waals surface area contributed by atoms with E-state index in [0.29, 0.717) is 13.2 Å². The van der Waals surface area contributed by atoms with Gasteiger partial charge >= 0.3 is 0 Å². The van der Waals surface area contributed by atoms with E-state index in [-0.39, 0.29) is 5.60 Å². The average Bonchev–Trinajstić information content (AvgIpc) is 2.16. The van der Waals surface area contributed by atoms with E-state index in [1.54, 1.807) is 0 Å². The van der Waals surface area contributed by atoms with Gasteiger partial charge in [-0.1, -0.05) is 22.0 Å². The smallest absolute Gasteiger partial charge is 0.123 e. The van der Waals surface area contributed by atoms with E-state index < -0.39 is 0 Å². The maximum absolute atomic E-state index is 5.66. The van der Waals surface area contributed by atoms with Crippen LogP contribution in [0.2, 0.25) is 0 Å². The molecule has 0 spiro atoms. The lowest BCUT2D eigenvalue weighted by molar-refractivity contribution is -0.0163. The molecule has 3 heteroatoms. The Bertz CT molecular complexity index is 342. The number of hydrogen-bond acceptors (Lipinski definition) is 2. The van der Waals surface area contributed by atoms with Crippen LogP contribution in [-0.4, -0.2) is 18.8 Å². The third-order valence-corrected chi connectivity index (χ3v) is 2.52. The second-order valence-electron chi connectivity index (χ2n) is 4.72. The van der Waals surface area contributed by atoms with Gasteiger partial charge in [-0.05, 0) is 45.4 Å². The number of halogens is 1. The van der Waals surface area contributed by atoms with Crippen molar-refractivity contribution in [1.29, 1.82) is 0 Å². The highest BCUT2D eigenvalue weighted by Crippen LogP contribution is 2.22. The van der Waals surface area contributed by atoms with Crippen LogP contribution in [0.4, 0.5) is 0 Å². The Kier molecular flexibility index (Phi) is 4.81. The minimum absolute atomic E-state index is 0.102. The van der Waals surface area contributed by atoms with E-state index in [1.165, 1.54) is 0 Å². The van der Waals surface area contributed by atoms with E-state index in [4.69, 9.17) is 9.47 Å². The first-order valence-electron chi connectivity index (χ1n) is 5.41. The predicted molar refractivity (Wildman–Crippen MR) is 70.1 cm³/mol. The molecular formula is C13H19BrO2. The summed E-state index contributed by atoms with van der Waals surface area (Å²) in [4.78, 5) is 0. The zero-order chi connectivity index (χ0) is 12.2. The van der Waals surface area contributed by atoms with Gasteiger partial charge in [0, 0.05) is 4.47 Å². The van der Waals surface area contributed by atoms with E-state index in [0.717, 1.165) is 15.8 Å². The molecule has 16 heavy (non-hydrogen) atoms. The average molecular weight is 287 g/mol. The molecule has 0 aliphatic rings. The first-order chi connectivity index (χ1) is 7.38. The molecule has 0 aliphatic carbocycles. The van der Waals surface area contributed by atoms with E-state index in [9.17, 15) is 0 Å². The van der Waals surface area contributed by atoms with Crippen molar-refractivity contribution in [3.05, 3.63) is 28.2 Å². The molecule has 0 fully saturated rings. The summed E-state index contributed by atoms with van der Waals surface area (Å²) in [5.41, 5.74) is 1.04. The Morgan fingerprint density at radius 1 is 1.19 bits per heavy atom. The Morgan fingerprint density at radius 3 is 2.50 bits per heavy atom. The van der Waals surface area contributed by atoms with Crippen molar-refractivity contribution in [2.75, 3.05) is 13.2 Å². The van der Waals surface area contributed by atoms with Crippen molar-refractivity contribution in [1.82, 2.24) is 0 Å². The Balaban J connectivity index is 2.40. The highest BCUT2D eigenvalue weighted by molar-refractivity contribution is 9.10. The summed E-state index contributed by atoms with van der Waals surface area (Å²) in [7, 11) is 0. The summed E-state index contributed by atoms with van der Waals surface area (Å²) >= 11 is 3.43. The van der Waals surface area contributed by atoms with Gasteiger partial charge < -0.3 is 9.47 Å². The summed E-state index contributed by atoms with van der Waals surface area (Å²) in [5.74, 6) is 0.909. The third-order valence-electron chi connectivity index (χ3n) is 2.03. The largest absolute Gasteiger partial charge is 0.491 e. The lowest BCUT2D eigenvalue weighted by Gasteiger charge is -2.19. The molecule has 0 bridgehead atoms. The fourth-order valence-corrected chi connectivity index (χ4v) is 1.57. The lowest BCUT2D eigenvalue weighted by atomic mass is 10.2. The molecule has 0 saturated carbocycles. The first kappa shape index (κ1) is 13.5. The van der Waals surface area contributed by atoms with Crippen molar-refractivity contribution in [2.24, 2.45) is 0 Å². The molecule has 0 unspecified atom stereocenters. The molecule has 0 N–H and O–H groups in total. The molecule has 0 aliphatic heterocycles. The summed E-state index contributed by atoms with van der Waals surface area (Å²) in [6, 6.07) is 6.02. The van der Waals surface area contributed by atoms with Crippen LogP contribution in [-0.2, 0) is 4.74 Å². The highest BCUT2D eigenvalue weighted by atomic mass is 79.9. The zero-order valence-electron chi connectivity index (χ0n) is 10.3. The van der Waals surface area contributed by atoms with Crippen LogP contribution in [0, 0.1) is 6.92 Å². The SMILES string of the molecule is Cc1ccc(Br)cc1OCCOC(C)(C)C. The van der Waals surface area contributed by atoms with Crippen LogP contribution in [0.3, 0.4) is 0 Å². The van der Waals surface area contributed by atoms with E-state index in [1.807, 2.05) is 45.9 Å². The van der Waals surface area contributed by atoms with Gasteiger partial charge in [-0.25, -0.2) is 0 Å². The molecule has 0 amide bonds. The van der Waals surface area contributed by atoms with Gasteiger partial charge in [0.2, 0.25) is 0 Å². The Labute approximate surface area is 106 Å². The fourth-order valence-electron chi connectivity index (χ4n) is 1.23. The summed E-state index contributed by atoms with van der Waals surface area (Å²) in [5, 5.41) is 0. The van der Waals surface area contributed by atoms with E-state index in [2.05, 4.69) is 15.9 Å². The van der Waals surface area contributed by atoms with Crippen molar-refractivity contribution in [3.63, 3.8) is 0 Å². The predicted octanol–water partition coefficient (Wildman–Crippen LogP) is 3.95. The van der Waals surface area contributed by atoms with Crippen LogP contribution < -0.4 is 4.74 Å². The van der Waals surface area contributed by atoms with Crippen molar-refractivity contribution in [2.45, 2.75) is 33.3 Å². The van der Waals surface area contributed by atoms with Crippen LogP contribution >= 0.6 is 15.9 Å². The second kappa shape index (κ2) is 5.69. The summed E-state index contributed by atoms with van der Waals surface area (Å²) in [6.07, 6.45) is 0. The summed E-state index contributed by atoms with van der Waals surface area (Å²) in [6.45, 7) is 9.34. The minimum atomic E-state index is -0.102. The minimum Gasteiger partial charge on any atom is -0.491 e. The molecule has 0 radical (unpaired) electrons. The van der Waals surface area contributed by atoms with Gasteiger partial charge in [0.15, 0.2) is 0 Å². The highest BCUT2D eigenvalue weighted by Gasteiger charge is 2.09. The Hall–Kier alpha value is -0.540. The molecule has 90 valence electrons. The van der Waals surface area contributed by atoms with Gasteiger partial charge in [0.1, 0.15) is 12.4 Å². The topological polar surface area (TPSA) is 18.5 Å². The fraction of sp³-hybridized carbons (Fsp3) is 0.538. The molecule has 0 heterocycles. The second-order valence-corrected chi connectivity index (χ2v) is 5.63. The first-order valence-corrected chi connectivity index (χ1v) is 6.21. The van der Waals surface area contributed by atoms with Crippen molar-refractivity contribution in [3.8, 4) is 5.75 Å². The molecule has 0 atom stereocenters. The van der Waals surface area contributed by atoms with Gasteiger partial charge in [0.25, 0.3) is 0 Å². The van der Waals surface area contributed by atoms with Gasteiger partial charge in [0.05, 0.1) is 12.2 Å². The summed E-state index contributed by atoms with van der Waals surface area (Å²) < 4.78 is 12.3. The molecular weight excluding hydrogens is 268 g/mol. The molecule has 2 nitrogen and oxygen atoms in total. The van der Waals surface area contributed by atoms with Crippen LogP contribution in [0.15, 0.2) is 22.7 Å². The number of aryl methyl sites for hydroxylation is 1. The maximum Gasteiger partial charge on any atom is 0.123 e. The van der Waals surface area contributed by atoms with Crippen LogP contribution in [0.25, 0.3) is 0 Å². The maximum atomic E-state index is 5.66. The number of benzene rings is 1. The zero-order valence-corrected chi connectivity index (χ0v) is 11.9. The molecule has 0 saturated heterocycles. The van der Waals surface area contributed by atoms with Gasteiger partial charge in [-0.15, -0.1) is 0 Å². The van der Waals surface area contributed by atoms with Crippen molar-refractivity contribution < 1.29 is 9.47 Å². The quantitative estimate of drug-likeness (QED) is 0.781. The lowest BCUT2D eigenvalue weighted by Crippen LogP contribution is -2.22. The normalized spacial score (nSPS) is 11.6. The number of ether oxygens (including phenoxy) is 2. The van der Waals surface area contributed by atoms with E-state index >= 15 is 0 Å². The molecule has 1 aromatic rings. The number of rotatable bonds is 4. The number of hydrogen-bond donors (Lipinski definition) is 0. The molecule has 0 aromatic heterocycles. The standard InChI is InChI=1S/C13H19BrO2/c1-10-5-6-11(14)9-12(10)15-7-8-16-13(2,3)4/h5-6,9H,7-8H2,1-4H3.